The van der Waals surface area contributed by atoms with Crippen molar-refractivity contribution in [3.8, 4) is 0 Å². The summed E-state index contributed by atoms with van der Waals surface area (Å²) < 4.78 is 1.04. The van der Waals surface area contributed by atoms with Gasteiger partial charge in [0.05, 0.1) is 0 Å². The summed E-state index contributed by atoms with van der Waals surface area (Å²) in [7, 11) is 0. The molecule has 5 heteroatoms. The first-order chi connectivity index (χ1) is 13.2. The number of carbonyl (C=O) groups is 1. The molecule has 1 heterocycles. The molecular weight excluding hydrogens is 402 g/mol. The highest BCUT2D eigenvalue weighted by molar-refractivity contribution is 9.10. The van der Waals surface area contributed by atoms with Crippen LogP contribution < -0.4 is 10.2 Å². The Morgan fingerprint density at radius 1 is 1.00 bits per heavy atom. The lowest BCUT2D eigenvalue weighted by Gasteiger charge is -2.36. The van der Waals surface area contributed by atoms with Gasteiger partial charge in [-0.3, -0.25) is 9.69 Å². The van der Waals surface area contributed by atoms with Gasteiger partial charge < -0.3 is 10.2 Å². The maximum atomic E-state index is 11.9. The number of halogens is 1. The van der Waals surface area contributed by atoms with Crippen LogP contribution in [0.5, 0.6) is 0 Å². The standard InChI is InChI=1S/C22H26BrN3O/c23-20-10-7-19(8-11-20)9-12-22(27)24-13-4-14-25-15-17-26(18-16-25)21-5-2-1-3-6-21/h1-3,5-12H,4,13-18H2,(H,24,27)/b12-9+. The number of anilines is 1. The van der Waals surface area contributed by atoms with Crippen LogP contribution in [-0.2, 0) is 4.79 Å². The molecule has 0 bridgehead atoms. The minimum Gasteiger partial charge on any atom is -0.369 e. The summed E-state index contributed by atoms with van der Waals surface area (Å²) in [5.41, 5.74) is 2.33. The van der Waals surface area contributed by atoms with Crippen molar-refractivity contribution in [2.75, 3.05) is 44.2 Å². The van der Waals surface area contributed by atoms with E-state index in [2.05, 4.69) is 61.4 Å². The Kier molecular flexibility index (Phi) is 7.48. The highest BCUT2D eigenvalue weighted by Gasteiger charge is 2.16. The summed E-state index contributed by atoms with van der Waals surface area (Å²) in [6, 6.07) is 18.5. The minimum absolute atomic E-state index is 0.0354. The van der Waals surface area contributed by atoms with Crippen LogP contribution in [0.2, 0.25) is 0 Å². The lowest BCUT2D eigenvalue weighted by Crippen LogP contribution is -2.47. The molecule has 1 aliphatic heterocycles. The summed E-state index contributed by atoms with van der Waals surface area (Å²) in [5.74, 6) is -0.0354. The van der Waals surface area contributed by atoms with E-state index in [4.69, 9.17) is 0 Å². The number of carbonyl (C=O) groups excluding carboxylic acids is 1. The smallest absolute Gasteiger partial charge is 0.243 e. The zero-order valence-corrected chi connectivity index (χ0v) is 17.1. The number of rotatable bonds is 7. The lowest BCUT2D eigenvalue weighted by atomic mass is 10.2. The van der Waals surface area contributed by atoms with Gasteiger partial charge in [-0.25, -0.2) is 0 Å². The first-order valence-electron chi connectivity index (χ1n) is 9.44. The highest BCUT2D eigenvalue weighted by atomic mass is 79.9. The molecule has 0 spiro atoms. The second kappa shape index (κ2) is 10.3. The summed E-state index contributed by atoms with van der Waals surface area (Å²) in [6.45, 7) is 6.01. The summed E-state index contributed by atoms with van der Waals surface area (Å²) in [4.78, 5) is 16.8. The fourth-order valence-corrected chi connectivity index (χ4v) is 3.45. The van der Waals surface area contributed by atoms with E-state index in [-0.39, 0.29) is 5.91 Å². The fourth-order valence-electron chi connectivity index (χ4n) is 3.19. The van der Waals surface area contributed by atoms with Gasteiger partial charge in [-0.1, -0.05) is 46.3 Å². The summed E-state index contributed by atoms with van der Waals surface area (Å²) in [6.07, 6.45) is 4.41. The second-order valence-electron chi connectivity index (χ2n) is 6.69. The molecule has 3 rings (SSSR count). The van der Waals surface area contributed by atoms with Gasteiger partial charge >= 0.3 is 0 Å². The van der Waals surface area contributed by atoms with Crippen LogP contribution in [0.4, 0.5) is 5.69 Å². The maximum absolute atomic E-state index is 11.9. The maximum Gasteiger partial charge on any atom is 0.243 e. The number of amides is 1. The Bertz CT molecular complexity index is 738. The molecule has 0 aromatic heterocycles. The lowest BCUT2D eigenvalue weighted by molar-refractivity contribution is -0.116. The zero-order chi connectivity index (χ0) is 18.9. The van der Waals surface area contributed by atoms with E-state index in [0.29, 0.717) is 6.54 Å². The van der Waals surface area contributed by atoms with Crippen molar-refractivity contribution in [1.29, 1.82) is 0 Å². The highest BCUT2D eigenvalue weighted by Crippen LogP contribution is 2.15. The zero-order valence-electron chi connectivity index (χ0n) is 15.5. The molecule has 0 atom stereocenters. The van der Waals surface area contributed by atoms with Gasteiger partial charge in [0.1, 0.15) is 0 Å². The summed E-state index contributed by atoms with van der Waals surface area (Å²) >= 11 is 3.41. The van der Waals surface area contributed by atoms with E-state index < -0.39 is 0 Å². The van der Waals surface area contributed by atoms with Crippen LogP contribution >= 0.6 is 15.9 Å². The molecule has 1 saturated heterocycles. The molecule has 1 fully saturated rings. The average molecular weight is 428 g/mol. The minimum atomic E-state index is -0.0354. The number of para-hydroxylation sites is 1. The van der Waals surface area contributed by atoms with Gasteiger partial charge in [0.2, 0.25) is 5.91 Å². The van der Waals surface area contributed by atoms with Crippen LogP contribution in [-0.4, -0.2) is 50.1 Å². The van der Waals surface area contributed by atoms with Crippen molar-refractivity contribution in [3.05, 3.63) is 70.7 Å². The molecule has 27 heavy (non-hydrogen) atoms. The SMILES string of the molecule is O=C(/C=C/c1ccc(Br)cc1)NCCCN1CCN(c2ccccc2)CC1. The number of nitrogens with zero attached hydrogens (tertiary/aromatic N) is 2. The molecule has 0 saturated carbocycles. The predicted molar refractivity (Wildman–Crippen MR) is 116 cm³/mol. The Hall–Kier alpha value is -2.11. The fraction of sp³-hybridized carbons (Fsp3) is 0.318. The van der Waals surface area contributed by atoms with Gasteiger partial charge in [-0.15, -0.1) is 0 Å². The van der Waals surface area contributed by atoms with Gasteiger partial charge in [0, 0.05) is 49.0 Å². The number of nitrogens with one attached hydrogen (secondary N) is 1. The Balaban J connectivity index is 1.30. The molecule has 2 aromatic carbocycles. The van der Waals surface area contributed by atoms with Gasteiger partial charge in [-0.2, -0.15) is 0 Å². The van der Waals surface area contributed by atoms with Crippen molar-refractivity contribution < 1.29 is 4.79 Å². The third-order valence-corrected chi connectivity index (χ3v) is 5.27. The van der Waals surface area contributed by atoms with Crippen molar-refractivity contribution >= 4 is 33.6 Å². The second-order valence-corrected chi connectivity index (χ2v) is 7.61. The number of piperazine rings is 1. The van der Waals surface area contributed by atoms with Crippen LogP contribution in [0.1, 0.15) is 12.0 Å². The topological polar surface area (TPSA) is 35.6 Å². The Morgan fingerprint density at radius 3 is 2.41 bits per heavy atom. The molecule has 4 nitrogen and oxygen atoms in total. The number of benzene rings is 2. The molecule has 1 amide bonds. The molecule has 2 aromatic rings. The van der Waals surface area contributed by atoms with E-state index >= 15 is 0 Å². The van der Waals surface area contributed by atoms with Crippen molar-refractivity contribution in [3.63, 3.8) is 0 Å². The average Bonchev–Trinajstić information content (AvgIpc) is 2.72. The van der Waals surface area contributed by atoms with E-state index in [1.54, 1.807) is 6.08 Å². The van der Waals surface area contributed by atoms with Crippen LogP contribution in [0.25, 0.3) is 6.08 Å². The predicted octanol–water partition coefficient (Wildman–Crippen LogP) is 3.79. The first kappa shape index (κ1) is 19.6. The summed E-state index contributed by atoms with van der Waals surface area (Å²) in [5, 5.41) is 2.97. The molecular formula is C22H26BrN3O. The third-order valence-electron chi connectivity index (χ3n) is 4.74. The van der Waals surface area contributed by atoms with Gasteiger partial charge in [0.25, 0.3) is 0 Å². The Labute approximate surface area is 170 Å². The van der Waals surface area contributed by atoms with Gasteiger partial charge in [-0.05, 0) is 48.9 Å². The Morgan fingerprint density at radius 2 is 1.70 bits per heavy atom. The van der Waals surface area contributed by atoms with Crippen LogP contribution in [0.15, 0.2) is 65.1 Å². The largest absolute Gasteiger partial charge is 0.369 e. The molecule has 0 radical (unpaired) electrons. The third kappa shape index (κ3) is 6.52. The molecule has 1 N–H and O–H groups in total. The van der Waals surface area contributed by atoms with E-state index in [0.717, 1.165) is 49.2 Å². The van der Waals surface area contributed by atoms with E-state index in [9.17, 15) is 4.79 Å². The normalized spacial score (nSPS) is 15.2. The number of hydrogen-bond donors (Lipinski definition) is 1. The molecule has 0 unspecified atom stereocenters. The monoisotopic (exact) mass is 427 g/mol. The number of hydrogen-bond acceptors (Lipinski definition) is 3. The molecule has 142 valence electrons. The first-order valence-corrected chi connectivity index (χ1v) is 10.2. The van der Waals surface area contributed by atoms with E-state index in [1.165, 1.54) is 5.69 Å². The van der Waals surface area contributed by atoms with Crippen molar-refractivity contribution in [2.45, 2.75) is 6.42 Å². The van der Waals surface area contributed by atoms with Crippen molar-refractivity contribution in [2.24, 2.45) is 0 Å². The van der Waals surface area contributed by atoms with Gasteiger partial charge in [0.15, 0.2) is 0 Å². The quantitative estimate of drug-likeness (QED) is 0.539. The molecule has 0 aliphatic carbocycles. The van der Waals surface area contributed by atoms with Crippen molar-refractivity contribution in [1.82, 2.24) is 10.2 Å². The molecule has 1 aliphatic rings. The van der Waals surface area contributed by atoms with Crippen LogP contribution in [0, 0.1) is 0 Å². The van der Waals surface area contributed by atoms with E-state index in [1.807, 2.05) is 30.3 Å². The van der Waals surface area contributed by atoms with Crippen LogP contribution in [0.3, 0.4) is 0 Å².